The third kappa shape index (κ3) is 9.70. The van der Waals surface area contributed by atoms with Gasteiger partial charge in [-0.1, -0.05) is 65.2 Å². The van der Waals surface area contributed by atoms with E-state index < -0.39 is 23.8 Å². The molecule has 0 radical (unpaired) electrons. The van der Waals surface area contributed by atoms with Gasteiger partial charge in [0.25, 0.3) is 0 Å². The number of phenolic OH excluding ortho intramolecular Hbond substituents is 1. The minimum absolute atomic E-state index is 0.00125. The number of benzene rings is 1. The summed E-state index contributed by atoms with van der Waals surface area (Å²) in [5.41, 5.74) is 0.287. The van der Waals surface area contributed by atoms with Gasteiger partial charge in [-0.15, -0.1) is 0 Å². The first kappa shape index (κ1) is 33.4. The van der Waals surface area contributed by atoms with E-state index in [1.165, 1.54) is 0 Å². The Morgan fingerprint density at radius 1 is 1.02 bits per heavy atom. The number of phenols is 1. The van der Waals surface area contributed by atoms with Crippen LogP contribution in [0, 0.1) is 18.8 Å². The molecule has 1 fully saturated rings. The lowest BCUT2D eigenvalue weighted by Gasteiger charge is -2.40. The second-order valence-electron chi connectivity index (χ2n) is 13.2. The number of nitrogens with zero attached hydrogens (tertiary/aromatic N) is 1. The van der Waals surface area contributed by atoms with Crippen LogP contribution in [0.2, 0.25) is 0 Å². The minimum Gasteiger partial charge on any atom is -0.507 e. The Kier molecular flexibility index (Phi) is 12.3. The van der Waals surface area contributed by atoms with Gasteiger partial charge in [0.2, 0.25) is 11.8 Å². The van der Waals surface area contributed by atoms with Crippen LogP contribution in [0.15, 0.2) is 18.2 Å². The first-order valence-electron chi connectivity index (χ1n) is 15.0. The number of carbonyl (C=O) groups is 3. The summed E-state index contributed by atoms with van der Waals surface area (Å²) in [7, 11) is 0. The number of hydrogen-bond donors (Lipinski definition) is 3. The van der Waals surface area contributed by atoms with Gasteiger partial charge in [0.15, 0.2) is 0 Å². The quantitative estimate of drug-likeness (QED) is 0.291. The van der Waals surface area contributed by atoms with Gasteiger partial charge in [0.1, 0.15) is 23.4 Å². The molecule has 1 saturated carbocycles. The number of para-hydroxylation sites is 1. The molecule has 0 aromatic heterocycles. The third-order valence-corrected chi connectivity index (χ3v) is 7.54. The largest absolute Gasteiger partial charge is 0.507 e. The molecule has 1 aliphatic rings. The van der Waals surface area contributed by atoms with Gasteiger partial charge in [-0.05, 0) is 77.7 Å². The Balaban J connectivity index is 2.60. The van der Waals surface area contributed by atoms with Gasteiger partial charge >= 0.3 is 6.09 Å². The standard InChI is InChI=1S/C32H53N3O5/c1-20(2)18-19-23(6)35(30(38)26(21(3)4)34-31(39)40-32(7,8)9)27(25-17-13-14-22(5)28(25)36)29(37)33-24-15-11-10-12-16-24/h13-14,17,20-21,23-24,26-27,36H,10-12,15-16,18-19H2,1-9H3,(H,33,37)(H,34,39). The van der Waals surface area contributed by atoms with Crippen LogP contribution >= 0.6 is 0 Å². The van der Waals surface area contributed by atoms with Crippen LogP contribution in [0.4, 0.5) is 4.79 Å². The van der Waals surface area contributed by atoms with E-state index in [0.717, 1.165) is 38.5 Å². The zero-order chi connectivity index (χ0) is 30.2. The zero-order valence-electron chi connectivity index (χ0n) is 26.2. The Bertz CT molecular complexity index is 995. The lowest BCUT2D eigenvalue weighted by atomic mass is 9.92. The second kappa shape index (κ2) is 14.7. The van der Waals surface area contributed by atoms with E-state index in [0.29, 0.717) is 23.5 Å². The lowest BCUT2D eigenvalue weighted by Crippen LogP contribution is -2.57. The highest BCUT2D eigenvalue weighted by Crippen LogP contribution is 2.35. The number of aryl methyl sites for hydroxylation is 1. The van der Waals surface area contributed by atoms with Crippen molar-refractivity contribution < 1.29 is 24.2 Å². The van der Waals surface area contributed by atoms with Crippen LogP contribution in [0.5, 0.6) is 5.75 Å². The molecule has 0 spiro atoms. The molecule has 3 amide bonds. The molecule has 0 bridgehead atoms. The highest BCUT2D eigenvalue weighted by molar-refractivity contribution is 5.93. The molecular formula is C32H53N3O5. The first-order valence-corrected chi connectivity index (χ1v) is 15.0. The van der Waals surface area contributed by atoms with Crippen molar-refractivity contribution >= 4 is 17.9 Å². The van der Waals surface area contributed by atoms with Crippen LogP contribution in [-0.2, 0) is 14.3 Å². The predicted molar refractivity (Wildman–Crippen MR) is 159 cm³/mol. The third-order valence-electron chi connectivity index (χ3n) is 7.54. The maximum Gasteiger partial charge on any atom is 0.408 e. The van der Waals surface area contributed by atoms with E-state index in [1.807, 2.05) is 20.8 Å². The molecule has 1 aliphatic carbocycles. The molecule has 8 heteroatoms. The number of ether oxygens (including phenoxy) is 1. The van der Waals surface area contributed by atoms with Crippen molar-refractivity contribution in [2.45, 2.75) is 137 Å². The van der Waals surface area contributed by atoms with Crippen LogP contribution in [0.3, 0.4) is 0 Å². The molecule has 3 N–H and O–H groups in total. The van der Waals surface area contributed by atoms with Crippen molar-refractivity contribution in [1.29, 1.82) is 0 Å². The average molecular weight is 560 g/mol. The Hall–Kier alpha value is -2.77. The molecular weight excluding hydrogens is 506 g/mol. The summed E-state index contributed by atoms with van der Waals surface area (Å²) < 4.78 is 5.48. The summed E-state index contributed by atoms with van der Waals surface area (Å²) in [6.45, 7) is 17.0. The smallest absolute Gasteiger partial charge is 0.408 e. The maximum atomic E-state index is 14.5. The molecule has 8 nitrogen and oxygen atoms in total. The minimum atomic E-state index is -1.06. The van der Waals surface area contributed by atoms with Crippen LogP contribution in [0.25, 0.3) is 0 Å². The van der Waals surface area contributed by atoms with Gasteiger partial charge in [-0.2, -0.15) is 0 Å². The van der Waals surface area contributed by atoms with Crippen molar-refractivity contribution in [2.75, 3.05) is 0 Å². The molecule has 1 aromatic carbocycles. The highest BCUT2D eigenvalue weighted by Gasteiger charge is 2.41. The van der Waals surface area contributed by atoms with Crippen LogP contribution in [0.1, 0.15) is 118 Å². The molecule has 3 unspecified atom stereocenters. The van der Waals surface area contributed by atoms with E-state index in [4.69, 9.17) is 4.74 Å². The van der Waals surface area contributed by atoms with E-state index >= 15 is 0 Å². The molecule has 226 valence electrons. The number of nitrogens with one attached hydrogen (secondary N) is 2. The summed E-state index contributed by atoms with van der Waals surface area (Å²) in [5, 5.41) is 17.1. The van der Waals surface area contributed by atoms with E-state index in [1.54, 1.807) is 50.8 Å². The molecule has 3 atom stereocenters. The normalized spacial score (nSPS) is 16.8. The van der Waals surface area contributed by atoms with Crippen molar-refractivity contribution in [3.8, 4) is 5.75 Å². The fourth-order valence-corrected chi connectivity index (χ4v) is 5.27. The molecule has 0 heterocycles. The van der Waals surface area contributed by atoms with Crippen molar-refractivity contribution in [1.82, 2.24) is 15.5 Å². The fourth-order valence-electron chi connectivity index (χ4n) is 5.27. The van der Waals surface area contributed by atoms with Gasteiger partial charge < -0.3 is 25.4 Å². The maximum absolute atomic E-state index is 14.5. The summed E-state index contributed by atoms with van der Waals surface area (Å²) in [4.78, 5) is 43.0. The molecule has 0 saturated heterocycles. The van der Waals surface area contributed by atoms with E-state index in [9.17, 15) is 19.5 Å². The topological polar surface area (TPSA) is 108 Å². The Morgan fingerprint density at radius 2 is 1.65 bits per heavy atom. The van der Waals surface area contributed by atoms with Gasteiger partial charge in [-0.3, -0.25) is 9.59 Å². The summed E-state index contributed by atoms with van der Waals surface area (Å²) in [5.74, 6) is -0.546. The summed E-state index contributed by atoms with van der Waals surface area (Å²) >= 11 is 0. The average Bonchev–Trinajstić information content (AvgIpc) is 2.85. The van der Waals surface area contributed by atoms with Gasteiger partial charge in [0.05, 0.1) is 0 Å². The summed E-state index contributed by atoms with van der Waals surface area (Å²) in [6, 6.07) is 3.01. The number of aromatic hydroxyl groups is 1. The molecule has 40 heavy (non-hydrogen) atoms. The van der Waals surface area contributed by atoms with Crippen LogP contribution in [-0.4, -0.2) is 51.6 Å². The number of alkyl carbamates (subject to hydrolysis) is 1. The number of hydrogen-bond acceptors (Lipinski definition) is 5. The monoisotopic (exact) mass is 559 g/mol. The lowest BCUT2D eigenvalue weighted by molar-refractivity contribution is -0.146. The van der Waals surface area contributed by atoms with Gasteiger partial charge in [0, 0.05) is 17.6 Å². The number of rotatable bonds is 11. The number of amides is 3. The second-order valence-corrected chi connectivity index (χ2v) is 13.2. The molecule has 1 aromatic rings. The predicted octanol–water partition coefficient (Wildman–Crippen LogP) is 6.39. The van der Waals surface area contributed by atoms with Crippen molar-refractivity contribution in [2.24, 2.45) is 11.8 Å². The van der Waals surface area contributed by atoms with E-state index in [-0.39, 0.29) is 35.6 Å². The number of carbonyl (C=O) groups excluding carboxylic acids is 3. The van der Waals surface area contributed by atoms with Crippen LogP contribution < -0.4 is 10.6 Å². The van der Waals surface area contributed by atoms with Crippen molar-refractivity contribution in [3.05, 3.63) is 29.3 Å². The zero-order valence-corrected chi connectivity index (χ0v) is 26.2. The summed E-state index contributed by atoms with van der Waals surface area (Å²) in [6.07, 6.45) is 5.87. The SMILES string of the molecule is Cc1cccc(C(C(=O)NC2CCCCC2)N(C(=O)C(NC(=O)OC(C)(C)C)C(C)C)C(C)CCC(C)C)c1O. The van der Waals surface area contributed by atoms with Gasteiger partial charge in [-0.25, -0.2) is 4.79 Å². The Morgan fingerprint density at radius 3 is 2.20 bits per heavy atom. The highest BCUT2D eigenvalue weighted by atomic mass is 16.6. The molecule has 2 rings (SSSR count). The molecule has 0 aliphatic heterocycles. The van der Waals surface area contributed by atoms with Crippen molar-refractivity contribution in [3.63, 3.8) is 0 Å². The van der Waals surface area contributed by atoms with E-state index in [2.05, 4.69) is 24.5 Å². The Labute approximate surface area is 241 Å². The fraction of sp³-hybridized carbons (Fsp3) is 0.719. The first-order chi connectivity index (χ1) is 18.6.